The summed E-state index contributed by atoms with van der Waals surface area (Å²) in [5, 5.41) is 0.942. The van der Waals surface area contributed by atoms with Gasteiger partial charge in [-0.2, -0.15) is 0 Å². The summed E-state index contributed by atoms with van der Waals surface area (Å²) in [6.45, 7) is 4.77. The molecule has 22 heavy (non-hydrogen) atoms. The Morgan fingerprint density at radius 1 is 1.00 bits per heavy atom. The van der Waals surface area contributed by atoms with E-state index in [4.69, 9.17) is 17.3 Å². The summed E-state index contributed by atoms with van der Waals surface area (Å²) in [5.41, 5.74) is 9.61. The topological polar surface area (TPSA) is 26.0 Å². The molecule has 0 bridgehead atoms. The van der Waals surface area contributed by atoms with Crippen LogP contribution in [0.3, 0.4) is 0 Å². The van der Waals surface area contributed by atoms with E-state index < -0.39 is 0 Å². The second-order valence-corrected chi connectivity index (χ2v) is 8.80. The Morgan fingerprint density at radius 3 is 2.23 bits per heavy atom. The van der Waals surface area contributed by atoms with Crippen LogP contribution in [0.15, 0.2) is 18.2 Å². The molecule has 0 spiro atoms. The van der Waals surface area contributed by atoms with Gasteiger partial charge >= 0.3 is 0 Å². The zero-order valence-corrected chi connectivity index (χ0v) is 14.9. The highest BCUT2D eigenvalue weighted by atomic mass is 35.5. The average molecular weight is 320 g/mol. The first-order chi connectivity index (χ1) is 10.4. The van der Waals surface area contributed by atoms with Crippen LogP contribution >= 0.6 is 11.6 Å². The summed E-state index contributed by atoms with van der Waals surface area (Å²) >= 11 is 6.66. The molecular weight excluding hydrogens is 290 g/mol. The fraction of sp³-hybridized carbons (Fsp3) is 0.700. The fourth-order valence-electron chi connectivity index (χ4n) is 4.35. The van der Waals surface area contributed by atoms with Crippen molar-refractivity contribution in [2.24, 2.45) is 11.1 Å². The quantitative estimate of drug-likeness (QED) is 0.696. The van der Waals surface area contributed by atoms with E-state index in [1.165, 1.54) is 56.1 Å². The molecular formula is C20H30ClN. The molecule has 0 unspecified atom stereocenters. The molecule has 2 N–H and O–H groups in total. The van der Waals surface area contributed by atoms with Gasteiger partial charge in [0, 0.05) is 10.6 Å². The minimum Gasteiger partial charge on any atom is -0.321 e. The van der Waals surface area contributed by atoms with Crippen LogP contribution in [0.5, 0.6) is 0 Å². The third-order valence-corrected chi connectivity index (χ3v) is 6.43. The van der Waals surface area contributed by atoms with Crippen molar-refractivity contribution in [1.82, 2.24) is 0 Å². The Hall–Kier alpha value is -0.530. The lowest BCUT2D eigenvalue weighted by atomic mass is 9.71. The molecule has 2 fully saturated rings. The maximum absolute atomic E-state index is 6.66. The van der Waals surface area contributed by atoms with Crippen molar-refractivity contribution in [3.05, 3.63) is 34.3 Å². The molecule has 0 aliphatic heterocycles. The van der Waals surface area contributed by atoms with Crippen LogP contribution in [0, 0.1) is 5.41 Å². The Balaban J connectivity index is 1.78. The summed E-state index contributed by atoms with van der Waals surface area (Å²) in [7, 11) is 0. The molecule has 2 aliphatic carbocycles. The lowest BCUT2D eigenvalue weighted by molar-refractivity contribution is 0.224. The molecule has 2 saturated carbocycles. The zero-order valence-electron chi connectivity index (χ0n) is 14.1. The average Bonchev–Trinajstić information content (AvgIpc) is 2.48. The third-order valence-electron chi connectivity index (χ3n) is 6.10. The van der Waals surface area contributed by atoms with E-state index in [-0.39, 0.29) is 5.54 Å². The van der Waals surface area contributed by atoms with Gasteiger partial charge in [-0.25, -0.2) is 0 Å². The molecule has 0 heterocycles. The van der Waals surface area contributed by atoms with Gasteiger partial charge in [0.15, 0.2) is 0 Å². The molecule has 0 radical (unpaired) electrons. The maximum Gasteiger partial charge on any atom is 0.0444 e. The smallest absolute Gasteiger partial charge is 0.0444 e. The third kappa shape index (κ3) is 3.36. The fourth-order valence-corrected chi connectivity index (χ4v) is 4.68. The highest BCUT2D eigenvalue weighted by molar-refractivity contribution is 6.31. The van der Waals surface area contributed by atoms with E-state index >= 15 is 0 Å². The normalized spacial score (nSPS) is 25.1. The first kappa shape index (κ1) is 16.3. The molecule has 0 atom stereocenters. The number of hydrogen-bond donors (Lipinski definition) is 1. The summed E-state index contributed by atoms with van der Waals surface area (Å²) in [5.74, 6) is 0.634. The van der Waals surface area contributed by atoms with Crippen molar-refractivity contribution < 1.29 is 0 Å². The number of benzene rings is 1. The molecule has 2 aliphatic rings. The van der Waals surface area contributed by atoms with Gasteiger partial charge in [-0.05, 0) is 67.1 Å². The zero-order chi connectivity index (χ0) is 15.8. The van der Waals surface area contributed by atoms with Gasteiger partial charge in [-0.15, -0.1) is 0 Å². The van der Waals surface area contributed by atoms with Crippen molar-refractivity contribution in [3.63, 3.8) is 0 Å². The first-order valence-corrected chi connectivity index (χ1v) is 9.36. The molecule has 1 aromatic carbocycles. The minimum absolute atomic E-state index is 0.144. The second-order valence-electron chi connectivity index (χ2n) is 8.39. The number of hydrogen-bond acceptors (Lipinski definition) is 1. The Morgan fingerprint density at radius 2 is 1.64 bits per heavy atom. The van der Waals surface area contributed by atoms with E-state index in [0.717, 1.165) is 17.9 Å². The van der Waals surface area contributed by atoms with E-state index in [1.54, 1.807) is 0 Å². The Bertz CT molecular complexity index is 519. The van der Waals surface area contributed by atoms with Crippen molar-refractivity contribution in [2.45, 2.75) is 83.1 Å². The molecule has 1 nitrogen and oxygen atoms in total. The van der Waals surface area contributed by atoms with Crippen LogP contribution in [0.4, 0.5) is 0 Å². The number of rotatable bonds is 2. The highest BCUT2D eigenvalue weighted by Gasteiger charge is 2.32. The SMILES string of the molecule is CC1(C)CCC(c2ccc(C3(N)CCCCC3)cc2Cl)CC1. The van der Waals surface area contributed by atoms with Gasteiger partial charge < -0.3 is 5.73 Å². The second kappa shape index (κ2) is 6.17. The van der Waals surface area contributed by atoms with Crippen molar-refractivity contribution in [3.8, 4) is 0 Å². The summed E-state index contributed by atoms with van der Waals surface area (Å²) < 4.78 is 0. The van der Waals surface area contributed by atoms with Crippen molar-refractivity contribution >= 4 is 11.6 Å². The van der Waals surface area contributed by atoms with Gasteiger partial charge in [-0.3, -0.25) is 0 Å². The van der Waals surface area contributed by atoms with E-state index in [9.17, 15) is 0 Å². The first-order valence-electron chi connectivity index (χ1n) is 8.99. The minimum atomic E-state index is -0.144. The highest BCUT2D eigenvalue weighted by Crippen LogP contribution is 2.45. The van der Waals surface area contributed by atoms with Crippen LogP contribution in [-0.2, 0) is 5.54 Å². The van der Waals surface area contributed by atoms with Crippen LogP contribution in [0.1, 0.15) is 88.7 Å². The summed E-state index contributed by atoms with van der Waals surface area (Å²) in [6, 6.07) is 6.69. The number of nitrogens with two attached hydrogens (primary N) is 1. The van der Waals surface area contributed by atoms with Gasteiger partial charge in [0.05, 0.1) is 0 Å². The molecule has 1 aromatic rings. The molecule has 0 aromatic heterocycles. The Labute approximate surface area is 140 Å². The lowest BCUT2D eigenvalue weighted by Gasteiger charge is -2.36. The van der Waals surface area contributed by atoms with Gasteiger partial charge in [-0.1, -0.05) is 56.8 Å². The molecule has 122 valence electrons. The molecule has 0 saturated heterocycles. The molecule has 2 heteroatoms. The maximum atomic E-state index is 6.66. The van der Waals surface area contributed by atoms with E-state index in [0.29, 0.717) is 11.3 Å². The van der Waals surface area contributed by atoms with Crippen LogP contribution in [-0.4, -0.2) is 0 Å². The van der Waals surface area contributed by atoms with Gasteiger partial charge in [0.1, 0.15) is 0 Å². The van der Waals surface area contributed by atoms with Crippen LogP contribution in [0.2, 0.25) is 5.02 Å². The van der Waals surface area contributed by atoms with Crippen LogP contribution in [0.25, 0.3) is 0 Å². The standard InChI is InChI=1S/C20H30ClN/c1-19(2)12-8-15(9-13-19)17-7-6-16(14-18(17)21)20(22)10-4-3-5-11-20/h6-7,14-15H,3-5,8-13,22H2,1-2H3. The van der Waals surface area contributed by atoms with Crippen molar-refractivity contribution in [1.29, 1.82) is 0 Å². The van der Waals surface area contributed by atoms with Gasteiger partial charge in [0.25, 0.3) is 0 Å². The molecule has 3 rings (SSSR count). The van der Waals surface area contributed by atoms with E-state index in [1.807, 2.05) is 0 Å². The lowest BCUT2D eigenvalue weighted by Crippen LogP contribution is -2.38. The summed E-state index contributed by atoms with van der Waals surface area (Å²) in [6.07, 6.45) is 11.1. The monoisotopic (exact) mass is 319 g/mol. The van der Waals surface area contributed by atoms with Crippen molar-refractivity contribution in [2.75, 3.05) is 0 Å². The van der Waals surface area contributed by atoms with Gasteiger partial charge in [0.2, 0.25) is 0 Å². The van der Waals surface area contributed by atoms with Crippen LogP contribution < -0.4 is 5.73 Å². The predicted molar refractivity (Wildman–Crippen MR) is 95.4 cm³/mol. The molecule has 0 amide bonds. The van der Waals surface area contributed by atoms with E-state index in [2.05, 4.69) is 32.0 Å². The predicted octanol–water partition coefficient (Wildman–Crippen LogP) is 6.14. The Kier molecular flexibility index (Phi) is 4.58. The number of halogens is 1. The largest absolute Gasteiger partial charge is 0.321 e. The summed E-state index contributed by atoms with van der Waals surface area (Å²) in [4.78, 5) is 0.